The van der Waals surface area contributed by atoms with Crippen LogP contribution in [-0.2, 0) is 19.1 Å². The first-order chi connectivity index (χ1) is 31.3. The summed E-state index contributed by atoms with van der Waals surface area (Å²) in [6.45, 7) is 4.15. The molecule has 5 aromatic rings. The maximum Gasteiger partial charge on any atom is 0.335 e. The minimum absolute atomic E-state index is 0.00231. The fraction of sp³-hybridized carbons (Fsp3) is 0.333. The number of β-amino-alcohol motifs (C(OH)–C–C–N with tert-alkyl or cyclic N) is 1. The van der Waals surface area contributed by atoms with Gasteiger partial charge in [0.05, 0.1) is 10.9 Å². The number of carboxylic acids is 1. The molecule has 0 bridgehead atoms. The highest BCUT2D eigenvalue weighted by Gasteiger charge is 2.69. The highest BCUT2D eigenvalue weighted by molar-refractivity contribution is 8.76. The number of carbonyl (C=O) groups excluding carboxylic acids is 2. The molecule has 9 atom stereocenters. The highest BCUT2D eigenvalue weighted by atomic mass is 33.1. The number of H-pyrrole nitrogens is 1. The van der Waals surface area contributed by atoms with Crippen LogP contribution in [0.15, 0.2) is 113 Å². The second-order valence-electron chi connectivity index (χ2n) is 16.6. The third-order valence-corrected chi connectivity index (χ3v) is 14.8. The van der Waals surface area contributed by atoms with Crippen molar-refractivity contribution >= 4 is 56.3 Å². The number of nitrogens with two attached hydrogens (primary N) is 1. The Morgan fingerprint density at radius 2 is 1.88 bits per heavy atom. The van der Waals surface area contributed by atoms with E-state index in [1.54, 1.807) is 0 Å². The van der Waals surface area contributed by atoms with Gasteiger partial charge >= 0.3 is 5.97 Å². The van der Waals surface area contributed by atoms with Gasteiger partial charge in [-0.25, -0.2) is 4.79 Å². The fourth-order valence-electron chi connectivity index (χ4n) is 9.12. The van der Waals surface area contributed by atoms with E-state index in [0.29, 0.717) is 18.1 Å². The maximum absolute atomic E-state index is 13.8. The quantitative estimate of drug-likeness (QED) is 0.0632. The van der Waals surface area contributed by atoms with Crippen LogP contribution >= 0.6 is 21.6 Å². The van der Waals surface area contributed by atoms with Gasteiger partial charge in [-0.1, -0.05) is 90.1 Å². The van der Waals surface area contributed by atoms with Crippen molar-refractivity contribution < 1.29 is 53.4 Å². The molecule has 0 spiro atoms. The number of phenols is 1. The van der Waals surface area contributed by atoms with E-state index in [1.807, 2.05) is 30.6 Å². The summed E-state index contributed by atoms with van der Waals surface area (Å²) in [4.78, 5) is 55.7. The molecule has 1 amide bonds. The molecular weight excluding hydrogens is 875 g/mol. The summed E-state index contributed by atoms with van der Waals surface area (Å²) in [7, 11) is 2.73. The van der Waals surface area contributed by atoms with Crippen molar-refractivity contribution in [1.82, 2.24) is 10.3 Å². The highest BCUT2D eigenvalue weighted by Crippen LogP contribution is 2.45. The molecule has 65 heavy (non-hydrogen) atoms. The lowest BCUT2D eigenvalue weighted by Crippen LogP contribution is -2.80. The molecule has 2 aromatic heterocycles. The van der Waals surface area contributed by atoms with Crippen LogP contribution in [0.25, 0.3) is 27.7 Å². The fourth-order valence-corrected chi connectivity index (χ4v) is 11.2. The molecule has 0 radical (unpaired) electrons. The average molecular weight is 924 g/mol. The van der Waals surface area contributed by atoms with Gasteiger partial charge in [-0.05, 0) is 94.8 Å². The van der Waals surface area contributed by atoms with Crippen molar-refractivity contribution in [1.29, 1.82) is 0 Å². The third kappa shape index (κ3) is 8.77. The summed E-state index contributed by atoms with van der Waals surface area (Å²) < 4.78 is 24.1. The number of nitrogens with one attached hydrogen (secondary N) is 2. The van der Waals surface area contributed by atoms with Gasteiger partial charge in [-0.2, -0.15) is 0 Å². The van der Waals surface area contributed by atoms with Crippen LogP contribution < -0.4 is 21.2 Å². The molecule has 2 saturated heterocycles. The van der Waals surface area contributed by atoms with E-state index < -0.39 is 59.3 Å². The summed E-state index contributed by atoms with van der Waals surface area (Å²) >= 11 is 0. The molecule has 8 rings (SSSR count). The normalized spacial score (nSPS) is 28.3. The van der Waals surface area contributed by atoms with Gasteiger partial charge in [0.1, 0.15) is 29.1 Å². The molecule has 340 valence electrons. The van der Waals surface area contributed by atoms with Crippen LogP contribution in [0.5, 0.6) is 11.5 Å². The number of aromatic hydroxyl groups is 1. The second-order valence-corrected chi connectivity index (χ2v) is 19.1. The van der Waals surface area contributed by atoms with Crippen molar-refractivity contribution in [3.05, 3.63) is 136 Å². The Balaban J connectivity index is 1.15. The van der Waals surface area contributed by atoms with Gasteiger partial charge in [0, 0.05) is 30.8 Å². The number of primary amides is 1. The zero-order valence-electron chi connectivity index (χ0n) is 35.4. The minimum atomic E-state index is -2.61. The van der Waals surface area contributed by atoms with Crippen molar-refractivity contribution in [2.75, 3.05) is 24.8 Å². The first-order valence-electron chi connectivity index (χ1n) is 21.1. The first-order valence-corrected chi connectivity index (χ1v) is 23.6. The van der Waals surface area contributed by atoms with Crippen LogP contribution in [0.1, 0.15) is 59.3 Å². The number of allylic oxidation sites excluding steroid dienone is 4. The van der Waals surface area contributed by atoms with E-state index in [9.17, 15) is 39.6 Å². The number of fused-ring (bicyclic) bond motifs is 3. The number of aromatic nitrogens is 1. The SMILES string of the molecule is C[C@H](C/C=C1\C=C[C@H](C)c2ccccc21)[C@@H]1CNC[C@]2(O)[C@H](Oc3ccc4c(=O)c(-c5ccc(O)cc5)c(C(N)=O)oc4c3)O[C@H](C(=O)O)[C@@H](O)[C@]2(C=O)OCSSC[C@@H]1c1cc[nH]c1. The number of hydrogen-bond donors (Lipinski definition) is 7. The molecule has 3 aromatic carbocycles. The molecule has 0 saturated carbocycles. The molecular formula is C48H49N3O12S2. The Labute approximate surface area is 381 Å². The Bertz CT molecular complexity index is 2690. The lowest BCUT2D eigenvalue weighted by molar-refractivity contribution is -0.340. The van der Waals surface area contributed by atoms with E-state index in [4.69, 9.17) is 24.4 Å². The standard InChI is InChI=1S/C48H49N3O12S2/c1-26-7-9-28(34-6-4-3-5-33(26)34)10-8-27(2)36-21-51-23-47(59)46(63-42(45(57)58)43(55)48(47,24-52)60-25-65-64-22-37(36)30-17-18-50-20-30)61-32-15-16-35-38(19-32)62-41(44(49)56)39(40(35)54)29-11-13-31(53)14-12-29/h3-7,9-20,24,26-27,36-37,42-43,46,50-51,53,55,59H,8,21-23,25H2,1-2H3,(H2,49,56)(H,57,58)/b28-10+/t26-,27+,36-,37+,42-,43+,46+,47-,48-/m0/s1. The number of aromatic amines is 1. The molecule has 2 aliphatic heterocycles. The van der Waals surface area contributed by atoms with E-state index in [2.05, 4.69) is 54.5 Å². The predicted molar refractivity (Wildman–Crippen MR) is 246 cm³/mol. The van der Waals surface area contributed by atoms with Crippen LogP contribution in [0.4, 0.5) is 0 Å². The molecule has 0 unspecified atom stereocenters. The van der Waals surface area contributed by atoms with Gasteiger partial charge < -0.3 is 55.1 Å². The Morgan fingerprint density at radius 1 is 1.09 bits per heavy atom. The zero-order chi connectivity index (χ0) is 46.0. The van der Waals surface area contributed by atoms with Crippen LogP contribution in [-0.4, -0.2) is 98.1 Å². The summed E-state index contributed by atoms with van der Waals surface area (Å²) in [5.41, 5.74) is 4.46. The van der Waals surface area contributed by atoms with Gasteiger partial charge in [0.2, 0.25) is 17.5 Å². The summed E-state index contributed by atoms with van der Waals surface area (Å²) in [5, 5.41) is 48.0. The third-order valence-electron chi connectivity index (χ3n) is 12.8. The summed E-state index contributed by atoms with van der Waals surface area (Å²) in [5.74, 6) is -2.72. The number of aliphatic hydroxyl groups is 2. The number of carbonyl (C=O) groups is 3. The lowest BCUT2D eigenvalue weighted by atomic mass is 9.73. The average Bonchev–Trinajstić information content (AvgIpc) is 3.83. The number of amides is 1. The van der Waals surface area contributed by atoms with Crippen LogP contribution in [0.3, 0.4) is 0 Å². The van der Waals surface area contributed by atoms with Gasteiger partial charge in [-0.3, -0.25) is 14.4 Å². The van der Waals surface area contributed by atoms with Gasteiger partial charge in [0.15, 0.2) is 23.6 Å². The van der Waals surface area contributed by atoms with Crippen LogP contribution in [0, 0.1) is 11.8 Å². The minimum Gasteiger partial charge on any atom is -0.508 e. The topological polar surface area (TPSA) is 244 Å². The predicted octanol–water partition coefficient (Wildman–Crippen LogP) is 5.95. The molecule has 4 heterocycles. The van der Waals surface area contributed by atoms with E-state index >= 15 is 0 Å². The number of benzene rings is 3. The Hall–Kier alpha value is -5.66. The number of rotatable bonds is 10. The number of aldehydes is 1. The van der Waals surface area contributed by atoms with E-state index in [-0.39, 0.29) is 70.1 Å². The van der Waals surface area contributed by atoms with Crippen molar-refractivity contribution in [3.63, 3.8) is 0 Å². The zero-order valence-corrected chi connectivity index (χ0v) is 37.1. The Kier molecular flexibility index (Phi) is 13.5. The molecule has 2 fully saturated rings. The van der Waals surface area contributed by atoms with Crippen LogP contribution in [0.2, 0.25) is 0 Å². The number of ether oxygens (including phenoxy) is 3. The largest absolute Gasteiger partial charge is 0.508 e. The summed E-state index contributed by atoms with van der Waals surface area (Å²) in [6, 6.07) is 19.8. The number of aliphatic hydroxyl groups excluding tert-OH is 1. The van der Waals surface area contributed by atoms with E-state index in [1.165, 1.54) is 75.2 Å². The van der Waals surface area contributed by atoms with Crippen molar-refractivity contribution in [2.45, 2.75) is 61.8 Å². The molecule has 15 nitrogen and oxygen atoms in total. The number of aliphatic carboxylic acids is 1. The summed E-state index contributed by atoms with van der Waals surface area (Å²) in [6.07, 6.45) is 5.05. The Morgan fingerprint density at radius 3 is 2.60 bits per heavy atom. The molecule has 1 aliphatic carbocycles. The number of hydrogen-bond acceptors (Lipinski definition) is 14. The molecule has 3 aliphatic rings. The van der Waals surface area contributed by atoms with Gasteiger partial charge in [0.25, 0.3) is 5.91 Å². The molecule has 17 heteroatoms. The van der Waals surface area contributed by atoms with Crippen molar-refractivity contribution in [3.8, 4) is 22.6 Å². The molecule has 8 N–H and O–H groups in total. The second kappa shape index (κ2) is 19.1. The lowest BCUT2D eigenvalue weighted by Gasteiger charge is -2.53. The number of phenolic OH excluding ortho intramolecular Hbond substituents is 1. The van der Waals surface area contributed by atoms with Crippen molar-refractivity contribution in [2.24, 2.45) is 17.6 Å². The van der Waals surface area contributed by atoms with Gasteiger partial charge in [-0.15, -0.1) is 0 Å². The number of carboxylic acid groups (broad SMARTS) is 1. The monoisotopic (exact) mass is 923 g/mol. The maximum atomic E-state index is 13.8. The van der Waals surface area contributed by atoms with E-state index in [0.717, 1.165) is 11.1 Å². The first kappa shape index (κ1) is 45.9. The smallest absolute Gasteiger partial charge is 0.335 e.